The third kappa shape index (κ3) is 2.24. The van der Waals surface area contributed by atoms with Crippen molar-refractivity contribution in [1.82, 2.24) is 9.88 Å². The van der Waals surface area contributed by atoms with Crippen LogP contribution < -0.4 is 5.73 Å². The van der Waals surface area contributed by atoms with Crippen molar-refractivity contribution in [2.24, 2.45) is 0 Å². The van der Waals surface area contributed by atoms with Crippen molar-refractivity contribution in [1.29, 1.82) is 0 Å². The molecule has 5 heteroatoms. The fourth-order valence-corrected chi connectivity index (χ4v) is 1.50. The summed E-state index contributed by atoms with van der Waals surface area (Å²) < 4.78 is 5.17. The number of nitrogens with two attached hydrogens (primary N) is 1. The van der Waals surface area contributed by atoms with Gasteiger partial charge in [-0.1, -0.05) is 6.07 Å². The molecule has 2 N–H and O–H groups in total. The number of aromatic nitrogens is 1. The molecule has 0 bridgehead atoms. The molecule has 2 rings (SSSR count). The van der Waals surface area contributed by atoms with E-state index in [1.165, 1.54) is 0 Å². The first-order valence-electron chi connectivity index (χ1n) is 4.87. The topological polar surface area (TPSA) is 68.5 Å². The van der Waals surface area contributed by atoms with E-state index in [1.54, 1.807) is 23.1 Å². The van der Waals surface area contributed by atoms with Gasteiger partial charge in [0, 0.05) is 13.1 Å². The van der Waals surface area contributed by atoms with Crippen molar-refractivity contribution >= 4 is 11.7 Å². The molecule has 1 aliphatic rings. The third-order valence-electron chi connectivity index (χ3n) is 2.29. The summed E-state index contributed by atoms with van der Waals surface area (Å²) in [5.41, 5.74) is 5.92. The van der Waals surface area contributed by atoms with Gasteiger partial charge in [-0.15, -0.1) is 0 Å². The molecule has 5 nitrogen and oxygen atoms in total. The molecule has 80 valence electrons. The molecule has 1 aliphatic heterocycles. The Morgan fingerprint density at radius 3 is 2.80 bits per heavy atom. The molecule has 1 amide bonds. The molecule has 15 heavy (non-hydrogen) atoms. The van der Waals surface area contributed by atoms with Gasteiger partial charge in [0.05, 0.1) is 13.2 Å². The minimum atomic E-state index is -0.0781. The number of nitrogen functional groups attached to an aromatic ring is 1. The summed E-state index contributed by atoms with van der Waals surface area (Å²) in [6.07, 6.45) is 0. The second-order valence-electron chi connectivity index (χ2n) is 3.35. The van der Waals surface area contributed by atoms with Crippen molar-refractivity contribution in [2.45, 2.75) is 0 Å². The normalized spacial score (nSPS) is 16.4. The van der Waals surface area contributed by atoms with E-state index in [4.69, 9.17) is 10.5 Å². The van der Waals surface area contributed by atoms with Crippen molar-refractivity contribution in [3.8, 4) is 0 Å². The molecule has 0 radical (unpaired) electrons. The number of hydrogen-bond acceptors (Lipinski definition) is 4. The first-order chi connectivity index (χ1) is 7.27. The summed E-state index contributed by atoms with van der Waals surface area (Å²) in [6, 6.07) is 5.07. The minimum Gasteiger partial charge on any atom is -0.384 e. The number of ether oxygens (including phenoxy) is 1. The van der Waals surface area contributed by atoms with Gasteiger partial charge in [-0.3, -0.25) is 4.79 Å². The second-order valence-corrected chi connectivity index (χ2v) is 3.35. The van der Waals surface area contributed by atoms with E-state index >= 15 is 0 Å². The number of hydrogen-bond donors (Lipinski definition) is 1. The van der Waals surface area contributed by atoms with E-state index in [-0.39, 0.29) is 5.91 Å². The lowest BCUT2D eigenvalue weighted by Crippen LogP contribution is -2.41. The molecule has 0 saturated carbocycles. The van der Waals surface area contributed by atoms with Crippen LogP contribution in [0.3, 0.4) is 0 Å². The van der Waals surface area contributed by atoms with Gasteiger partial charge in [0.15, 0.2) is 0 Å². The fraction of sp³-hybridized carbons (Fsp3) is 0.400. The highest BCUT2D eigenvalue weighted by molar-refractivity contribution is 5.92. The number of carbonyl (C=O) groups is 1. The zero-order valence-electron chi connectivity index (χ0n) is 8.35. The summed E-state index contributed by atoms with van der Waals surface area (Å²) in [5, 5.41) is 0. The maximum atomic E-state index is 11.9. The Morgan fingerprint density at radius 1 is 1.40 bits per heavy atom. The molecular weight excluding hydrogens is 194 g/mol. The van der Waals surface area contributed by atoms with Crippen LogP contribution in [0.5, 0.6) is 0 Å². The molecule has 0 aliphatic carbocycles. The van der Waals surface area contributed by atoms with Gasteiger partial charge in [-0.25, -0.2) is 4.98 Å². The van der Waals surface area contributed by atoms with Gasteiger partial charge < -0.3 is 15.4 Å². The van der Waals surface area contributed by atoms with Crippen molar-refractivity contribution in [3.05, 3.63) is 23.9 Å². The standard InChI is InChI=1S/C10H13N3O2/c11-9-3-1-2-8(12-9)10(14)13-4-6-15-7-5-13/h1-3H,4-7H2,(H2,11,12). The number of amides is 1. The molecule has 0 spiro atoms. The first kappa shape index (κ1) is 9.92. The van der Waals surface area contributed by atoms with Crippen LogP contribution in [0.4, 0.5) is 5.82 Å². The molecule has 1 saturated heterocycles. The summed E-state index contributed by atoms with van der Waals surface area (Å²) in [4.78, 5) is 17.6. The Morgan fingerprint density at radius 2 is 2.13 bits per heavy atom. The number of morpholine rings is 1. The van der Waals surface area contributed by atoms with Crippen LogP contribution in [0.2, 0.25) is 0 Å². The first-order valence-corrected chi connectivity index (χ1v) is 4.87. The predicted octanol–water partition coefficient (Wildman–Crippen LogP) is 0.136. The van der Waals surface area contributed by atoms with Crippen LogP contribution in [0.25, 0.3) is 0 Å². The Kier molecular flexibility index (Phi) is 2.82. The van der Waals surface area contributed by atoms with Crippen LogP contribution in [0.1, 0.15) is 10.5 Å². The maximum Gasteiger partial charge on any atom is 0.272 e. The molecule has 1 aromatic heterocycles. The lowest BCUT2D eigenvalue weighted by molar-refractivity contribution is 0.0299. The van der Waals surface area contributed by atoms with Crippen LogP contribution in [0, 0.1) is 0 Å². The third-order valence-corrected chi connectivity index (χ3v) is 2.29. The number of nitrogens with zero attached hydrogens (tertiary/aromatic N) is 2. The van der Waals surface area contributed by atoms with Gasteiger partial charge >= 0.3 is 0 Å². The van der Waals surface area contributed by atoms with Gasteiger partial charge in [0.1, 0.15) is 11.5 Å². The molecule has 0 aromatic carbocycles. The van der Waals surface area contributed by atoms with E-state index in [0.717, 1.165) is 0 Å². The Bertz CT molecular complexity index is 361. The number of pyridine rings is 1. The zero-order valence-corrected chi connectivity index (χ0v) is 8.35. The van der Waals surface area contributed by atoms with Crippen LogP contribution in [-0.4, -0.2) is 42.1 Å². The molecule has 0 atom stereocenters. The SMILES string of the molecule is Nc1cccc(C(=O)N2CCOCC2)n1. The predicted molar refractivity (Wildman–Crippen MR) is 55.4 cm³/mol. The molecule has 1 fully saturated rings. The molecule has 2 heterocycles. The summed E-state index contributed by atoms with van der Waals surface area (Å²) in [6.45, 7) is 2.42. The smallest absolute Gasteiger partial charge is 0.272 e. The number of carbonyl (C=O) groups excluding carboxylic acids is 1. The monoisotopic (exact) mass is 207 g/mol. The lowest BCUT2D eigenvalue weighted by atomic mass is 10.3. The molecule has 0 unspecified atom stereocenters. The quantitative estimate of drug-likeness (QED) is 0.711. The summed E-state index contributed by atoms with van der Waals surface area (Å²) >= 11 is 0. The second kappa shape index (κ2) is 4.27. The average Bonchev–Trinajstić information content (AvgIpc) is 2.29. The van der Waals surface area contributed by atoms with E-state index in [0.29, 0.717) is 37.8 Å². The Labute approximate surface area is 87.8 Å². The van der Waals surface area contributed by atoms with E-state index in [2.05, 4.69) is 4.98 Å². The number of anilines is 1. The van der Waals surface area contributed by atoms with Crippen LogP contribution >= 0.6 is 0 Å². The van der Waals surface area contributed by atoms with E-state index in [1.807, 2.05) is 0 Å². The van der Waals surface area contributed by atoms with Crippen molar-refractivity contribution < 1.29 is 9.53 Å². The van der Waals surface area contributed by atoms with Gasteiger partial charge in [-0.2, -0.15) is 0 Å². The Hall–Kier alpha value is -1.62. The minimum absolute atomic E-state index is 0.0781. The van der Waals surface area contributed by atoms with Gasteiger partial charge in [0.25, 0.3) is 5.91 Å². The largest absolute Gasteiger partial charge is 0.384 e. The number of rotatable bonds is 1. The summed E-state index contributed by atoms with van der Waals surface area (Å²) in [5.74, 6) is 0.291. The van der Waals surface area contributed by atoms with Gasteiger partial charge in [-0.05, 0) is 12.1 Å². The molecule has 1 aromatic rings. The van der Waals surface area contributed by atoms with E-state index < -0.39 is 0 Å². The zero-order chi connectivity index (χ0) is 10.7. The fourth-order valence-electron chi connectivity index (χ4n) is 1.50. The highest BCUT2D eigenvalue weighted by Gasteiger charge is 2.19. The van der Waals surface area contributed by atoms with E-state index in [9.17, 15) is 4.79 Å². The maximum absolute atomic E-state index is 11.9. The van der Waals surface area contributed by atoms with Crippen molar-refractivity contribution in [2.75, 3.05) is 32.0 Å². The summed E-state index contributed by atoms with van der Waals surface area (Å²) in [7, 11) is 0. The van der Waals surface area contributed by atoms with Gasteiger partial charge in [0.2, 0.25) is 0 Å². The van der Waals surface area contributed by atoms with Crippen LogP contribution in [-0.2, 0) is 4.74 Å². The molecular formula is C10H13N3O2. The average molecular weight is 207 g/mol. The highest BCUT2D eigenvalue weighted by Crippen LogP contribution is 2.06. The van der Waals surface area contributed by atoms with Crippen LogP contribution in [0.15, 0.2) is 18.2 Å². The Balaban J connectivity index is 2.12. The van der Waals surface area contributed by atoms with Crippen molar-refractivity contribution in [3.63, 3.8) is 0 Å². The highest BCUT2D eigenvalue weighted by atomic mass is 16.5. The lowest BCUT2D eigenvalue weighted by Gasteiger charge is -2.26.